The monoisotopic (exact) mass is 362 g/mol. The van der Waals surface area contributed by atoms with Gasteiger partial charge in [0.25, 0.3) is 0 Å². The van der Waals surface area contributed by atoms with E-state index in [2.05, 4.69) is 13.2 Å². The molecule has 3 rings (SSSR count). The van der Waals surface area contributed by atoms with Crippen molar-refractivity contribution >= 4 is 23.5 Å². The van der Waals surface area contributed by atoms with Gasteiger partial charge in [-0.3, -0.25) is 9.59 Å². The Bertz CT molecular complexity index is 864. The zero-order valence-corrected chi connectivity index (χ0v) is 15.1. The molecule has 4 heteroatoms. The molecule has 0 aliphatic heterocycles. The average Bonchev–Trinajstić information content (AvgIpc) is 2.75. The highest BCUT2D eigenvalue weighted by Gasteiger charge is 2.42. The van der Waals surface area contributed by atoms with Crippen LogP contribution < -0.4 is 5.30 Å². The summed E-state index contributed by atoms with van der Waals surface area (Å²) in [6.07, 6.45) is 0. The van der Waals surface area contributed by atoms with Gasteiger partial charge in [-0.2, -0.15) is 0 Å². The molecule has 130 valence electrons. The van der Waals surface area contributed by atoms with Crippen LogP contribution in [-0.4, -0.2) is 11.0 Å². The second kappa shape index (κ2) is 8.89. The van der Waals surface area contributed by atoms with E-state index in [0.717, 1.165) is 0 Å². The van der Waals surface area contributed by atoms with Gasteiger partial charge in [0.2, 0.25) is 18.2 Å². The van der Waals surface area contributed by atoms with Gasteiger partial charge in [0.15, 0.2) is 0 Å². The SMILES string of the molecule is C=C.O=C(c1ccccc1)P(=O)(C(=O)c1ccccc1)c1ccccc1. The van der Waals surface area contributed by atoms with Crippen LogP contribution in [0, 0.1) is 0 Å². The standard InChI is InChI=1S/C20H15O3P.C2H4/c21-19(16-10-4-1-5-11-16)24(23,18-14-8-3-9-15-18)20(22)17-12-6-2-7-13-17;1-2/h1-15H;1-2H2. The van der Waals surface area contributed by atoms with E-state index in [-0.39, 0.29) is 16.4 Å². The minimum Gasteiger partial charge on any atom is -0.302 e. The van der Waals surface area contributed by atoms with Gasteiger partial charge in [-0.25, -0.2) is 0 Å². The minimum absolute atomic E-state index is 0.257. The fourth-order valence-electron chi connectivity index (χ4n) is 2.49. The van der Waals surface area contributed by atoms with E-state index in [1.54, 1.807) is 91.0 Å². The van der Waals surface area contributed by atoms with Gasteiger partial charge in [0, 0.05) is 16.4 Å². The van der Waals surface area contributed by atoms with Gasteiger partial charge in [0.05, 0.1) is 0 Å². The minimum atomic E-state index is -3.98. The smallest absolute Gasteiger partial charge is 0.248 e. The normalized spacial score (nSPS) is 10.3. The molecule has 0 spiro atoms. The van der Waals surface area contributed by atoms with Crippen LogP contribution in [0.2, 0.25) is 0 Å². The van der Waals surface area contributed by atoms with Crippen LogP contribution in [0.1, 0.15) is 20.7 Å². The molecule has 0 aliphatic carbocycles. The van der Waals surface area contributed by atoms with Crippen molar-refractivity contribution in [2.45, 2.75) is 0 Å². The summed E-state index contributed by atoms with van der Waals surface area (Å²) in [6.45, 7) is 6.00. The molecule has 0 aliphatic rings. The summed E-state index contributed by atoms with van der Waals surface area (Å²) >= 11 is 0. The highest BCUT2D eigenvalue weighted by Crippen LogP contribution is 2.50. The third kappa shape index (κ3) is 3.79. The predicted molar refractivity (Wildman–Crippen MR) is 106 cm³/mol. The molecule has 0 aromatic heterocycles. The van der Waals surface area contributed by atoms with Crippen molar-refractivity contribution in [2.24, 2.45) is 0 Å². The van der Waals surface area contributed by atoms with Crippen molar-refractivity contribution in [1.82, 2.24) is 0 Å². The molecule has 26 heavy (non-hydrogen) atoms. The van der Waals surface area contributed by atoms with Crippen molar-refractivity contribution in [2.75, 3.05) is 0 Å². The highest BCUT2D eigenvalue weighted by molar-refractivity contribution is 8.01. The predicted octanol–water partition coefficient (Wildman–Crippen LogP) is 5.16. The van der Waals surface area contributed by atoms with Crippen LogP contribution in [-0.2, 0) is 4.57 Å². The van der Waals surface area contributed by atoms with Crippen molar-refractivity contribution in [3.8, 4) is 0 Å². The van der Waals surface area contributed by atoms with Gasteiger partial charge >= 0.3 is 0 Å². The molecule has 0 saturated carbocycles. The number of rotatable bonds is 5. The average molecular weight is 362 g/mol. The van der Waals surface area contributed by atoms with Crippen LogP contribution >= 0.6 is 7.14 Å². The Labute approximate surface area is 153 Å². The number of benzene rings is 3. The first-order valence-corrected chi connectivity index (χ1v) is 9.70. The quantitative estimate of drug-likeness (QED) is 0.465. The van der Waals surface area contributed by atoms with Gasteiger partial charge in [-0.15, -0.1) is 13.2 Å². The second-order valence-electron chi connectivity index (χ2n) is 5.29. The number of hydrogen-bond acceptors (Lipinski definition) is 3. The van der Waals surface area contributed by atoms with E-state index in [1.165, 1.54) is 0 Å². The Balaban J connectivity index is 0.00000117. The van der Waals surface area contributed by atoms with E-state index in [9.17, 15) is 14.2 Å². The first kappa shape index (κ1) is 19.3. The van der Waals surface area contributed by atoms with Crippen molar-refractivity contribution in [3.05, 3.63) is 115 Å². The summed E-state index contributed by atoms with van der Waals surface area (Å²) in [5.41, 5.74) is -0.728. The molecule has 0 fully saturated rings. The molecular weight excluding hydrogens is 343 g/mol. The van der Waals surface area contributed by atoms with E-state index in [1.807, 2.05) is 0 Å². The maximum atomic E-state index is 13.7. The Hall–Kier alpha value is -3.03. The molecule has 0 atom stereocenters. The summed E-state index contributed by atoms with van der Waals surface area (Å²) < 4.78 is 13.7. The lowest BCUT2D eigenvalue weighted by molar-refractivity contribution is 0.104. The summed E-state index contributed by atoms with van der Waals surface area (Å²) in [6, 6.07) is 24.9. The molecule has 0 bridgehead atoms. The highest BCUT2D eigenvalue weighted by atomic mass is 31.2. The van der Waals surface area contributed by atoms with Crippen molar-refractivity contribution in [3.63, 3.8) is 0 Å². The molecule has 0 amide bonds. The lowest BCUT2D eigenvalue weighted by Crippen LogP contribution is -2.20. The number of hydrogen-bond donors (Lipinski definition) is 0. The molecule has 3 aromatic rings. The molecule has 3 aromatic carbocycles. The molecular formula is C22H19O3P. The Kier molecular flexibility index (Phi) is 6.60. The summed E-state index contributed by atoms with van der Waals surface area (Å²) in [7, 11) is -3.98. The van der Waals surface area contributed by atoms with E-state index < -0.39 is 18.2 Å². The zero-order valence-electron chi connectivity index (χ0n) is 14.2. The number of carbonyl (C=O) groups is 2. The van der Waals surface area contributed by atoms with Crippen LogP contribution in [0.15, 0.2) is 104 Å². The maximum Gasteiger partial charge on any atom is 0.248 e. The molecule has 0 saturated heterocycles. The lowest BCUT2D eigenvalue weighted by atomic mass is 10.2. The first-order valence-electron chi connectivity index (χ1n) is 7.99. The first-order chi connectivity index (χ1) is 12.6. The van der Waals surface area contributed by atoms with Gasteiger partial charge in [-0.05, 0) is 0 Å². The Morgan fingerprint density at radius 2 is 0.885 bits per heavy atom. The lowest BCUT2D eigenvalue weighted by Gasteiger charge is -2.16. The van der Waals surface area contributed by atoms with Crippen LogP contribution in [0.3, 0.4) is 0 Å². The van der Waals surface area contributed by atoms with E-state index in [0.29, 0.717) is 0 Å². The maximum absolute atomic E-state index is 13.7. The topological polar surface area (TPSA) is 51.2 Å². The van der Waals surface area contributed by atoms with Gasteiger partial charge in [0.1, 0.15) is 0 Å². The van der Waals surface area contributed by atoms with Crippen LogP contribution in [0.4, 0.5) is 0 Å². The molecule has 0 heterocycles. The Morgan fingerprint density at radius 1 is 0.577 bits per heavy atom. The number of carbonyl (C=O) groups excluding carboxylic acids is 2. The molecule has 0 unspecified atom stereocenters. The largest absolute Gasteiger partial charge is 0.302 e. The van der Waals surface area contributed by atoms with Crippen LogP contribution in [0.25, 0.3) is 0 Å². The zero-order chi connectivity index (χ0) is 19.0. The summed E-state index contributed by atoms with van der Waals surface area (Å²) in [4.78, 5) is 26.0. The Morgan fingerprint density at radius 3 is 1.23 bits per heavy atom. The van der Waals surface area contributed by atoms with Gasteiger partial charge < -0.3 is 4.57 Å². The van der Waals surface area contributed by atoms with E-state index >= 15 is 0 Å². The molecule has 0 radical (unpaired) electrons. The molecule has 3 nitrogen and oxygen atoms in total. The summed E-state index contributed by atoms with van der Waals surface area (Å²) in [5.74, 6) is 0. The van der Waals surface area contributed by atoms with Crippen molar-refractivity contribution in [1.29, 1.82) is 0 Å². The molecule has 0 N–H and O–H groups in total. The summed E-state index contributed by atoms with van der Waals surface area (Å²) in [5, 5.41) is 0.257. The van der Waals surface area contributed by atoms with Crippen molar-refractivity contribution < 1.29 is 14.2 Å². The fraction of sp³-hybridized carbons (Fsp3) is 0. The second-order valence-corrected chi connectivity index (χ2v) is 7.83. The fourth-order valence-corrected chi connectivity index (χ4v) is 4.76. The van der Waals surface area contributed by atoms with Gasteiger partial charge in [-0.1, -0.05) is 91.0 Å². The third-order valence-electron chi connectivity index (χ3n) is 3.73. The van der Waals surface area contributed by atoms with E-state index in [4.69, 9.17) is 0 Å². The third-order valence-corrected chi connectivity index (χ3v) is 6.42. The van der Waals surface area contributed by atoms with Crippen LogP contribution in [0.5, 0.6) is 0 Å².